The van der Waals surface area contributed by atoms with E-state index in [9.17, 15) is 28.1 Å². The second-order valence-electron chi connectivity index (χ2n) is 7.37. The topological polar surface area (TPSA) is 160 Å². The van der Waals surface area contributed by atoms with E-state index in [0.717, 1.165) is 12.8 Å². The molecule has 0 unspecified atom stereocenters. The van der Waals surface area contributed by atoms with Crippen LogP contribution < -0.4 is 10.5 Å². The van der Waals surface area contributed by atoms with Gasteiger partial charge in [0.15, 0.2) is 0 Å². The largest absolute Gasteiger partial charge is 0.493 e. The Morgan fingerprint density at radius 2 is 1.97 bits per heavy atom. The molecule has 1 aliphatic carbocycles. The van der Waals surface area contributed by atoms with E-state index in [2.05, 4.69) is 6.07 Å². The molecule has 1 aromatic carbocycles. The first-order valence-corrected chi connectivity index (χ1v) is 9.58. The van der Waals surface area contributed by atoms with Gasteiger partial charge in [-0.2, -0.15) is 18.4 Å². The van der Waals surface area contributed by atoms with Gasteiger partial charge in [-0.05, 0) is 43.2 Å². The summed E-state index contributed by atoms with van der Waals surface area (Å²) in [7, 11) is 0. The van der Waals surface area contributed by atoms with Crippen LogP contribution in [-0.2, 0) is 9.59 Å². The zero-order valence-electron chi connectivity index (χ0n) is 16.7. The van der Waals surface area contributed by atoms with Crippen LogP contribution >= 0.6 is 0 Å². The third-order valence-electron chi connectivity index (χ3n) is 5.16. The quantitative estimate of drug-likeness (QED) is 0.484. The fraction of sp³-hybridized carbons (Fsp3) is 0.526. The van der Waals surface area contributed by atoms with E-state index in [-0.39, 0.29) is 29.5 Å². The van der Waals surface area contributed by atoms with Crippen LogP contribution in [0.15, 0.2) is 24.3 Å². The zero-order valence-corrected chi connectivity index (χ0v) is 16.7. The van der Waals surface area contributed by atoms with E-state index in [1.165, 1.54) is 12.1 Å². The molecule has 10 nitrogen and oxygen atoms in total. The number of ether oxygens (including phenoxy) is 1. The number of nitro benzene ring substituents is 1. The molecule has 3 N–H and O–H groups in total. The third kappa shape index (κ3) is 6.55. The number of alkyl halides is 3. The van der Waals surface area contributed by atoms with Crippen molar-refractivity contribution in [3.63, 3.8) is 0 Å². The van der Waals surface area contributed by atoms with Crippen molar-refractivity contribution < 1.29 is 37.5 Å². The minimum Gasteiger partial charge on any atom is -0.493 e. The fourth-order valence-electron chi connectivity index (χ4n) is 3.31. The average Bonchev–Trinajstić information content (AvgIpc) is 3.36. The number of carboxylic acid groups (broad SMARTS) is 1. The Kier molecular flexibility index (Phi) is 7.98. The van der Waals surface area contributed by atoms with E-state index in [0.29, 0.717) is 25.3 Å². The molecule has 1 aromatic rings. The Balaban J connectivity index is 0.000000451. The van der Waals surface area contributed by atoms with E-state index < -0.39 is 23.1 Å². The molecule has 0 bridgehead atoms. The highest BCUT2D eigenvalue weighted by Gasteiger charge is 2.47. The number of halogens is 3. The molecule has 2 fully saturated rings. The normalized spacial score (nSPS) is 22.7. The third-order valence-corrected chi connectivity index (χ3v) is 5.16. The van der Waals surface area contributed by atoms with Crippen molar-refractivity contribution in [2.24, 2.45) is 17.6 Å². The molecule has 1 aliphatic heterocycles. The number of non-ortho nitro benzene ring substituents is 1. The SMILES string of the molecule is N#C[C@@H]1CCCN1C(=O)[C@H](N)[C@H]1C[C@H]1COc1ccc([N+](=O)[O-])cc1.O=C(O)C(F)(F)F. The van der Waals surface area contributed by atoms with Crippen LogP contribution in [0.2, 0.25) is 0 Å². The fourth-order valence-corrected chi connectivity index (χ4v) is 3.31. The molecule has 2 aliphatic rings. The summed E-state index contributed by atoms with van der Waals surface area (Å²) in [6.45, 7) is 1.02. The molecule has 32 heavy (non-hydrogen) atoms. The highest BCUT2D eigenvalue weighted by Crippen LogP contribution is 2.41. The number of nitro groups is 1. The number of nitrogens with zero attached hydrogens (tertiary/aromatic N) is 3. The smallest absolute Gasteiger partial charge is 0.490 e. The minimum absolute atomic E-state index is 0.0157. The summed E-state index contributed by atoms with van der Waals surface area (Å²) in [5.74, 6) is -2.10. The van der Waals surface area contributed by atoms with Crippen LogP contribution in [0.5, 0.6) is 5.75 Å². The van der Waals surface area contributed by atoms with E-state index >= 15 is 0 Å². The molecular formula is C19H21F3N4O6. The van der Waals surface area contributed by atoms with Crippen LogP contribution in [0, 0.1) is 33.3 Å². The maximum Gasteiger partial charge on any atom is 0.490 e. The van der Waals surface area contributed by atoms with Gasteiger partial charge in [-0.25, -0.2) is 4.79 Å². The average molecular weight is 458 g/mol. The van der Waals surface area contributed by atoms with Gasteiger partial charge in [0.25, 0.3) is 5.69 Å². The molecule has 4 atom stereocenters. The molecule has 1 heterocycles. The first-order chi connectivity index (χ1) is 15.0. The number of likely N-dealkylation sites (tertiary alicyclic amines) is 1. The van der Waals surface area contributed by atoms with Gasteiger partial charge in [0.2, 0.25) is 5.91 Å². The van der Waals surface area contributed by atoms with Crippen LogP contribution in [-0.4, -0.2) is 58.2 Å². The number of carbonyl (C=O) groups is 2. The molecule has 0 radical (unpaired) electrons. The van der Waals surface area contributed by atoms with Gasteiger partial charge in [0.1, 0.15) is 11.8 Å². The number of carbonyl (C=O) groups excluding carboxylic acids is 1. The zero-order chi connectivity index (χ0) is 24.1. The predicted octanol–water partition coefficient (Wildman–Crippen LogP) is 2.08. The molecular weight excluding hydrogens is 437 g/mol. The number of aliphatic carboxylic acids is 1. The highest BCUT2D eigenvalue weighted by atomic mass is 19.4. The van der Waals surface area contributed by atoms with Crippen molar-refractivity contribution >= 4 is 17.6 Å². The standard InChI is InChI=1S/C17H20N4O4.C2HF3O2/c18-9-13-2-1-7-20(13)17(22)16(19)15-8-11(15)10-25-14-5-3-12(4-6-14)21(23)24;3-2(4,5)1(6)7/h3-6,11,13,15-16H,1-2,7-8,10,19H2;(H,6,7)/t11-,13-,15-,16+;/m0./s1. The Hall–Kier alpha value is -3.40. The molecule has 174 valence electrons. The number of nitrogens with two attached hydrogens (primary N) is 1. The Morgan fingerprint density at radius 1 is 1.38 bits per heavy atom. The number of hydrogen-bond acceptors (Lipinski definition) is 7. The molecule has 0 aromatic heterocycles. The molecule has 1 saturated carbocycles. The molecule has 1 saturated heterocycles. The molecule has 13 heteroatoms. The van der Waals surface area contributed by atoms with Gasteiger partial charge >= 0.3 is 12.1 Å². The summed E-state index contributed by atoms with van der Waals surface area (Å²) >= 11 is 0. The van der Waals surface area contributed by atoms with E-state index in [4.69, 9.17) is 25.6 Å². The summed E-state index contributed by atoms with van der Waals surface area (Å²) in [6.07, 6.45) is -2.72. The lowest BCUT2D eigenvalue weighted by Crippen LogP contribution is -2.47. The van der Waals surface area contributed by atoms with Gasteiger partial charge in [-0.3, -0.25) is 14.9 Å². The van der Waals surface area contributed by atoms with Crippen molar-refractivity contribution in [1.29, 1.82) is 5.26 Å². The lowest BCUT2D eigenvalue weighted by Gasteiger charge is -2.23. The van der Waals surface area contributed by atoms with Crippen LogP contribution in [0.1, 0.15) is 19.3 Å². The van der Waals surface area contributed by atoms with Crippen LogP contribution in [0.3, 0.4) is 0 Å². The van der Waals surface area contributed by atoms with Crippen molar-refractivity contribution in [3.05, 3.63) is 34.4 Å². The molecule has 1 amide bonds. The van der Waals surface area contributed by atoms with E-state index in [1.807, 2.05) is 0 Å². The van der Waals surface area contributed by atoms with Crippen LogP contribution in [0.4, 0.5) is 18.9 Å². The summed E-state index contributed by atoms with van der Waals surface area (Å²) in [6, 6.07) is 7.11. The number of rotatable bonds is 6. The molecule has 0 spiro atoms. The van der Waals surface area contributed by atoms with Crippen molar-refractivity contribution in [3.8, 4) is 11.8 Å². The maximum absolute atomic E-state index is 12.5. The summed E-state index contributed by atoms with van der Waals surface area (Å²) in [5.41, 5.74) is 6.12. The number of carboxylic acids is 1. The van der Waals surface area contributed by atoms with Gasteiger partial charge in [-0.1, -0.05) is 0 Å². The van der Waals surface area contributed by atoms with Crippen molar-refractivity contribution in [1.82, 2.24) is 4.90 Å². The van der Waals surface area contributed by atoms with Gasteiger partial charge in [-0.15, -0.1) is 0 Å². The van der Waals surface area contributed by atoms with Crippen molar-refractivity contribution in [2.75, 3.05) is 13.2 Å². The van der Waals surface area contributed by atoms with Crippen molar-refractivity contribution in [2.45, 2.75) is 37.5 Å². The summed E-state index contributed by atoms with van der Waals surface area (Å²) < 4.78 is 37.4. The Bertz CT molecular complexity index is 887. The number of nitriles is 1. The minimum atomic E-state index is -5.08. The monoisotopic (exact) mass is 458 g/mol. The van der Waals surface area contributed by atoms with Gasteiger partial charge < -0.3 is 20.5 Å². The van der Waals surface area contributed by atoms with Crippen LogP contribution in [0.25, 0.3) is 0 Å². The summed E-state index contributed by atoms with van der Waals surface area (Å²) in [5, 5.41) is 26.8. The second-order valence-corrected chi connectivity index (χ2v) is 7.37. The number of benzene rings is 1. The molecule has 3 rings (SSSR count). The number of hydrogen-bond donors (Lipinski definition) is 2. The van der Waals surface area contributed by atoms with Gasteiger partial charge in [0, 0.05) is 18.7 Å². The lowest BCUT2D eigenvalue weighted by molar-refractivity contribution is -0.384. The first kappa shape index (κ1) is 24.9. The van der Waals surface area contributed by atoms with E-state index in [1.54, 1.807) is 17.0 Å². The maximum atomic E-state index is 12.5. The number of amides is 1. The Morgan fingerprint density at radius 3 is 2.47 bits per heavy atom. The summed E-state index contributed by atoms with van der Waals surface area (Å²) in [4.78, 5) is 33.1. The first-order valence-electron chi connectivity index (χ1n) is 9.58. The predicted molar refractivity (Wildman–Crippen MR) is 102 cm³/mol. The Labute approximate surface area is 180 Å². The highest BCUT2D eigenvalue weighted by molar-refractivity contribution is 5.83. The lowest BCUT2D eigenvalue weighted by atomic mass is 10.1. The van der Waals surface area contributed by atoms with Gasteiger partial charge in [0.05, 0.1) is 23.6 Å². The second kappa shape index (κ2) is 10.3.